The summed E-state index contributed by atoms with van der Waals surface area (Å²) in [5.74, 6) is 0. The van der Waals surface area contributed by atoms with E-state index in [-0.39, 0.29) is 0 Å². The van der Waals surface area contributed by atoms with Crippen LogP contribution in [0.25, 0.3) is 0 Å². The van der Waals surface area contributed by atoms with Crippen molar-refractivity contribution in [3.8, 4) is 0 Å². The first kappa shape index (κ1) is 25.8. The van der Waals surface area contributed by atoms with E-state index in [0.717, 1.165) is 58.9 Å². The van der Waals surface area contributed by atoms with Crippen LogP contribution >= 0.6 is 0 Å². The molecule has 6 nitrogen and oxygen atoms in total. The maximum absolute atomic E-state index is 3.66. The van der Waals surface area contributed by atoms with Gasteiger partial charge in [-0.3, -0.25) is 0 Å². The Bertz CT molecular complexity index is 324. The Morgan fingerprint density at radius 3 is 0.821 bits per heavy atom. The lowest BCUT2D eigenvalue weighted by molar-refractivity contribution is 0.160. The molecular weight excluding hydrogens is 348 g/mol. The summed E-state index contributed by atoms with van der Waals surface area (Å²) in [6.07, 6.45) is 0. The lowest BCUT2D eigenvalue weighted by atomic mass is 10.3. The van der Waals surface area contributed by atoms with E-state index in [1.165, 1.54) is 52.4 Å². The largest absolute Gasteiger partial charge is 0.314 e. The molecule has 0 atom stereocenters. The minimum Gasteiger partial charge on any atom is -0.314 e. The van der Waals surface area contributed by atoms with E-state index in [2.05, 4.69) is 64.4 Å². The van der Waals surface area contributed by atoms with Crippen LogP contribution in [0.4, 0.5) is 0 Å². The van der Waals surface area contributed by atoms with E-state index in [4.69, 9.17) is 0 Å². The molecule has 0 aromatic heterocycles. The van der Waals surface area contributed by atoms with Crippen molar-refractivity contribution in [1.29, 1.82) is 0 Å². The summed E-state index contributed by atoms with van der Waals surface area (Å²) < 4.78 is 0. The van der Waals surface area contributed by atoms with E-state index in [9.17, 15) is 0 Å². The van der Waals surface area contributed by atoms with Crippen LogP contribution in [-0.2, 0) is 0 Å². The van der Waals surface area contributed by atoms with Crippen molar-refractivity contribution in [2.75, 3.05) is 111 Å². The van der Waals surface area contributed by atoms with Crippen molar-refractivity contribution in [3.05, 3.63) is 0 Å². The number of nitrogens with zero attached hydrogens (tertiary/aromatic N) is 5. The van der Waals surface area contributed by atoms with Crippen molar-refractivity contribution in [2.24, 2.45) is 0 Å². The van der Waals surface area contributed by atoms with Gasteiger partial charge in [-0.05, 0) is 32.7 Å². The summed E-state index contributed by atoms with van der Waals surface area (Å²) in [5.41, 5.74) is 0. The maximum atomic E-state index is 3.66. The SMILES string of the molecule is CCN1CCNCCN(CC)CCN(CC)CCN(CC)CCN(CC)CC1. The average molecular weight is 399 g/mol. The van der Waals surface area contributed by atoms with Gasteiger partial charge >= 0.3 is 0 Å². The highest BCUT2D eigenvalue weighted by atomic mass is 15.2. The van der Waals surface area contributed by atoms with E-state index >= 15 is 0 Å². The summed E-state index contributed by atoms with van der Waals surface area (Å²) in [5, 5.41) is 3.66. The minimum atomic E-state index is 1.10. The number of hydrogen-bond acceptors (Lipinski definition) is 6. The van der Waals surface area contributed by atoms with Gasteiger partial charge in [-0.1, -0.05) is 34.6 Å². The molecule has 28 heavy (non-hydrogen) atoms. The standard InChI is InChI=1S/C22H50N6/c1-6-24-13-11-23-12-14-25(7-2)16-18-27(9-4)20-22-28(10-5)21-19-26(8-3)17-15-24/h23H,6-22H2,1-5H3. The second kappa shape index (κ2) is 16.5. The van der Waals surface area contributed by atoms with Crippen LogP contribution in [0, 0.1) is 0 Å². The van der Waals surface area contributed by atoms with Crippen LogP contribution in [0.5, 0.6) is 0 Å². The zero-order valence-electron chi connectivity index (χ0n) is 19.8. The van der Waals surface area contributed by atoms with Crippen LogP contribution in [0.2, 0.25) is 0 Å². The second-order valence-corrected chi connectivity index (χ2v) is 7.92. The van der Waals surface area contributed by atoms with E-state index < -0.39 is 0 Å². The summed E-state index contributed by atoms with van der Waals surface area (Å²) in [4.78, 5) is 13.1. The van der Waals surface area contributed by atoms with Gasteiger partial charge in [0.1, 0.15) is 0 Å². The van der Waals surface area contributed by atoms with Gasteiger partial charge in [0.25, 0.3) is 0 Å². The third kappa shape index (κ3) is 11.1. The molecule has 0 saturated carbocycles. The van der Waals surface area contributed by atoms with Gasteiger partial charge in [-0.25, -0.2) is 0 Å². The van der Waals surface area contributed by atoms with Gasteiger partial charge in [0, 0.05) is 78.5 Å². The van der Waals surface area contributed by atoms with Crippen LogP contribution in [0.15, 0.2) is 0 Å². The molecule has 0 aromatic rings. The zero-order valence-corrected chi connectivity index (χ0v) is 19.8. The van der Waals surface area contributed by atoms with E-state index in [1.54, 1.807) is 0 Å². The fourth-order valence-corrected chi connectivity index (χ4v) is 3.87. The molecule has 6 heteroatoms. The van der Waals surface area contributed by atoms with Crippen molar-refractivity contribution < 1.29 is 0 Å². The highest BCUT2D eigenvalue weighted by molar-refractivity contribution is 4.69. The quantitative estimate of drug-likeness (QED) is 0.748. The Hall–Kier alpha value is -0.240. The van der Waals surface area contributed by atoms with Crippen LogP contribution in [0.1, 0.15) is 34.6 Å². The molecule has 0 amide bonds. The van der Waals surface area contributed by atoms with Gasteiger partial charge in [0.15, 0.2) is 0 Å². The van der Waals surface area contributed by atoms with E-state index in [0.29, 0.717) is 0 Å². The molecule has 168 valence electrons. The Morgan fingerprint density at radius 2 is 0.607 bits per heavy atom. The van der Waals surface area contributed by atoms with Gasteiger partial charge in [0.2, 0.25) is 0 Å². The number of hydrogen-bond donors (Lipinski definition) is 1. The monoisotopic (exact) mass is 398 g/mol. The summed E-state index contributed by atoms with van der Waals surface area (Å²) in [7, 11) is 0. The summed E-state index contributed by atoms with van der Waals surface area (Å²) >= 11 is 0. The van der Waals surface area contributed by atoms with Crippen molar-refractivity contribution in [1.82, 2.24) is 29.8 Å². The van der Waals surface area contributed by atoms with Gasteiger partial charge in [-0.15, -0.1) is 0 Å². The van der Waals surface area contributed by atoms with Crippen LogP contribution < -0.4 is 5.32 Å². The third-order valence-corrected chi connectivity index (χ3v) is 6.38. The zero-order chi connectivity index (χ0) is 20.6. The molecule has 0 unspecified atom stereocenters. The molecule has 0 aromatic carbocycles. The van der Waals surface area contributed by atoms with E-state index in [1.807, 2.05) is 0 Å². The Kier molecular flexibility index (Phi) is 15.2. The van der Waals surface area contributed by atoms with Gasteiger partial charge in [-0.2, -0.15) is 0 Å². The fourth-order valence-electron chi connectivity index (χ4n) is 3.87. The molecule has 1 aliphatic rings. The Labute approximate surface area is 176 Å². The predicted octanol–water partition coefficient (Wildman–Crippen LogP) is 1.20. The van der Waals surface area contributed by atoms with Crippen molar-refractivity contribution >= 4 is 0 Å². The molecule has 1 aliphatic heterocycles. The maximum Gasteiger partial charge on any atom is 0.0110 e. The van der Waals surface area contributed by atoms with Crippen LogP contribution in [-0.4, -0.2) is 136 Å². The number of likely N-dealkylation sites (N-methyl/N-ethyl adjacent to an activating group) is 5. The van der Waals surface area contributed by atoms with Crippen LogP contribution in [0.3, 0.4) is 0 Å². The first-order chi connectivity index (χ1) is 13.7. The topological polar surface area (TPSA) is 28.2 Å². The molecule has 1 heterocycles. The molecule has 1 N–H and O–H groups in total. The molecule has 0 spiro atoms. The van der Waals surface area contributed by atoms with Gasteiger partial charge in [0.05, 0.1) is 0 Å². The Morgan fingerprint density at radius 1 is 0.393 bits per heavy atom. The lowest BCUT2D eigenvalue weighted by Crippen LogP contribution is -2.45. The first-order valence-corrected chi connectivity index (χ1v) is 12.0. The highest BCUT2D eigenvalue weighted by Crippen LogP contribution is 1.98. The Balaban J connectivity index is 2.65. The summed E-state index contributed by atoms with van der Waals surface area (Å²) in [6.45, 7) is 31.3. The second-order valence-electron chi connectivity index (χ2n) is 7.92. The predicted molar refractivity (Wildman–Crippen MR) is 123 cm³/mol. The molecule has 0 aliphatic carbocycles. The molecule has 1 fully saturated rings. The molecule has 1 rings (SSSR count). The summed E-state index contributed by atoms with van der Waals surface area (Å²) in [6, 6.07) is 0. The average Bonchev–Trinajstić information content (AvgIpc) is 2.73. The third-order valence-electron chi connectivity index (χ3n) is 6.38. The van der Waals surface area contributed by atoms with Crippen molar-refractivity contribution in [3.63, 3.8) is 0 Å². The van der Waals surface area contributed by atoms with Crippen molar-refractivity contribution in [2.45, 2.75) is 34.6 Å². The lowest BCUT2D eigenvalue weighted by Gasteiger charge is -2.31. The highest BCUT2D eigenvalue weighted by Gasteiger charge is 2.12. The molecule has 0 bridgehead atoms. The molecular formula is C22H50N6. The van der Waals surface area contributed by atoms with Gasteiger partial charge < -0.3 is 29.8 Å². The normalized spacial score (nSPS) is 23.5. The number of rotatable bonds is 5. The molecule has 1 saturated heterocycles. The number of nitrogens with one attached hydrogen (secondary N) is 1. The molecule has 0 radical (unpaired) electrons. The fraction of sp³-hybridized carbons (Fsp3) is 1.00. The minimum absolute atomic E-state index is 1.10. The first-order valence-electron chi connectivity index (χ1n) is 12.0. The smallest absolute Gasteiger partial charge is 0.0110 e.